The Hall–Kier alpha value is -3.38. The van der Waals surface area contributed by atoms with E-state index in [9.17, 15) is 22.8 Å². The molecular formula is C25H17BrCl2N2O7S. The van der Waals surface area contributed by atoms with E-state index in [-0.39, 0.29) is 38.7 Å². The SMILES string of the molecule is CCOc1cc(/C=C2\C(=O)NC(=O)N(c3ccc(Cl)cc3)C2=O)cc(Br)c1OS(=O)(=O)c1ccc(Cl)cc1. The number of hydrogen-bond donors (Lipinski definition) is 1. The molecule has 0 radical (unpaired) electrons. The third-order valence-electron chi connectivity index (χ3n) is 5.12. The molecule has 4 rings (SSSR count). The molecular weight excluding hydrogens is 623 g/mol. The molecule has 1 N–H and O–H groups in total. The lowest BCUT2D eigenvalue weighted by Gasteiger charge is -2.26. The van der Waals surface area contributed by atoms with E-state index in [1.165, 1.54) is 66.7 Å². The number of benzene rings is 3. The number of ether oxygens (including phenoxy) is 1. The molecule has 9 nitrogen and oxygen atoms in total. The molecule has 1 aliphatic heterocycles. The van der Waals surface area contributed by atoms with Gasteiger partial charge in [-0.05, 0) is 95.2 Å². The maximum atomic E-state index is 13.2. The molecule has 0 aromatic heterocycles. The highest BCUT2D eigenvalue weighted by atomic mass is 79.9. The first-order valence-corrected chi connectivity index (χ1v) is 13.8. The summed E-state index contributed by atoms with van der Waals surface area (Å²) in [4.78, 5) is 38.8. The Bertz CT molecular complexity index is 1570. The van der Waals surface area contributed by atoms with Crippen LogP contribution >= 0.6 is 39.1 Å². The number of urea groups is 1. The Kier molecular flexibility index (Phi) is 8.12. The first kappa shape index (κ1) is 27.6. The molecule has 4 amide bonds. The lowest BCUT2D eigenvalue weighted by Crippen LogP contribution is -2.54. The fraction of sp³-hybridized carbons (Fsp3) is 0.0800. The molecule has 0 spiro atoms. The van der Waals surface area contributed by atoms with E-state index < -0.39 is 28.0 Å². The Balaban J connectivity index is 1.72. The number of carbonyl (C=O) groups is 3. The smallest absolute Gasteiger partial charge is 0.339 e. The summed E-state index contributed by atoms with van der Waals surface area (Å²) >= 11 is 15.0. The summed E-state index contributed by atoms with van der Waals surface area (Å²) in [5.41, 5.74) is 0.166. The molecule has 1 aliphatic rings. The predicted octanol–water partition coefficient (Wildman–Crippen LogP) is 5.59. The van der Waals surface area contributed by atoms with Crippen molar-refractivity contribution in [2.45, 2.75) is 11.8 Å². The third-order valence-corrected chi connectivity index (χ3v) is 7.45. The molecule has 196 valence electrons. The van der Waals surface area contributed by atoms with Gasteiger partial charge in [0.05, 0.1) is 16.8 Å². The molecule has 3 aromatic rings. The Labute approximate surface area is 236 Å². The van der Waals surface area contributed by atoms with E-state index in [4.69, 9.17) is 32.1 Å². The summed E-state index contributed by atoms with van der Waals surface area (Å²) < 4.78 is 36.8. The maximum Gasteiger partial charge on any atom is 0.339 e. The van der Waals surface area contributed by atoms with Crippen molar-refractivity contribution < 1.29 is 31.7 Å². The first-order chi connectivity index (χ1) is 18.0. The van der Waals surface area contributed by atoms with Gasteiger partial charge in [-0.3, -0.25) is 14.9 Å². The van der Waals surface area contributed by atoms with E-state index in [1.807, 2.05) is 0 Å². The van der Waals surface area contributed by atoms with Crippen LogP contribution in [0.1, 0.15) is 12.5 Å². The van der Waals surface area contributed by atoms with Crippen LogP contribution in [0.25, 0.3) is 6.08 Å². The summed E-state index contributed by atoms with van der Waals surface area (Å²) in [6, 6.07) is 13.3. The molecule has 1 fully saturated rings. The Morgan fingerprint density at radius 2 is 1.58 bits per heavy atom. The Morgan fingerprint density at radius 1 is 0.974 bits per heavy atom. The van der Waals surface area contributed by atoms with Crippen molar-refractivity contribution in [1.82, 2.24) is 5.32 Å². The van der Waals surface area contributed by atoms with Gasteiger partial charge < -0.3 is 8.92 Å². The molecule has 38 heavy (non-hydrogen) atoms. The van der Waals surface area contributed by atoms with Crippen molar-refractivity contribution in [3.63, 3.8) is 0 Å². The van der Waals surface area contributed by atoms with Crippen LogP contribution in [0.15, 0.2) is 75.6 Å². The number of barbiturate groups is 1. The number of rotatable bonds is 7. The fourth-order valence-electron chi connectivity index (χ4n) is 3.42. The fourth-order valence-corrected chi connectivity index (χ4v) is 5.28. The predicted molar refractivity (Wildman–Crippen MR) is 145 cm³/mol. The monoisotopic (exact) mass is 638 g/mol. The minimum atomic E-state index is -4.25. The number of halogens is 3. The van der Waals surface area contributed by atoms with Crippen LogP contribution in [0.3, 0.4) is 0 Å². The van der Waals surface area contributed by atoms with Crippen LogP contribution < -0.4 is 19.1 Å². The summed E-state index contributed by atoms with van der Waals surface area (Å²) in [6.45, 7) is 1.84. The highest BCUT2D eigenvalue weighted by Crippen LogP contribution is 2.39. The van der Waals surface area contributed by atoms with Gasteiger partial charge in [-0.15, -0.1) is 0 Å². The van der Waals surface area contributed by atoms with Crippen LogP contribution in [-0.4, -0.2) is 32.9 Å². The zero-order valence-corrected chi connectivity index (χ0v) is 23.3. The minimum Gasteiger partial charge on any atom is -0.490 e. The van der Waals surface area contributed by atoms with Gasteiger partial charge in [0.15, 0.2) is 11.5 Å². The molecule has 13 heteroatoms. The number of hydrogen-bond acceptors (Lipinski definition) is 7. The largest absolute Gasteiger partial charge is 0.490 e. The van der Waals surface area contributed by atoms with E-state index in [0.29, 0.717) is 15.6 Å². The highest BCUT2D eigenvalue weighted by molar-refractivity contribution is 9.10. The van der Waals surface area contributed by atoms with Crippen molar-refractivity contribution in [2.24, 2.45) is 0 Å². The van der Waals surface area contributed by atoms with Gasteiger partial charge in [0, 0.05) is 10.0 Å². The summed E-state index contributed by atoms with van der Waals surface area (Å²) in [6.07, 6.45) is 1.25. The van der Waals surface area contributed by atoms with E-state index in [1.54, 1.807) is 6.92 Å². The second kappa shape index (κ2) is 11.2. The first-order valence-electron chi connectivity index (χ1n) is 10.8. The van der Waals surface area contributed by atoms with Gasteiger partial charge in [0.2, 0.25) is 0 Å². The number of carbonyl (C=O) groups excluding carboxylic acids is 3. The van der Waals surface area contributed by atoms with Gasteiger partial charge in [0.1, 0.15) is 10.5 Å². The van der Waals surface area contributed by atoms with Gasteiger partial charge >= 0.3 is 16.1 Å². The molecule has 1 saturated heterocycles. The maximum absolute atomic E-state index is 13.2. The lowest BCUT2D eigenvalue weighted by atomic mass is 10.1. The second-order valence-electron chi connectivity index (χ2n) is 7.69. The normalized spacial score (nSPS) is 15.0. The zero-order valence-electron chi connectivity index (χ0n) is 19.4. The van der Waals surface area contributed by atoms with E-state index in [0.717, 1.165) is 4.90 Å². The van der Waals surface area contributed by atoms with Crippen molar-refractivity contribution in [1.29, 1.82) is 0 Å². The van der Waals surface area contributed by atoms with Crippen LogP contribution in [0.4, 0.5) is 10.5 Å². The quantitative estimate of drug-likeness (QED) is 0.203. The number of amides is 4. The van der Waals surface area contributed by atoms with Gasteiger partial charge in [-0.1, -0.05) is 23.2 Å². The number of nitrogens with zero attached hydrogens (tertiary/aromatic N) is 1. The lowest BCUT2D eigenvalue weighted by molar-refractivity contribution is -0.122. The Morgan fingerprint density at radius 3 is 2.18 bits per heavy atom. The molecule has 0 unspecified atom stereocenters. The van der Waals surface area contributed by atoms with Crippen molar-refractivity contribution >= 4 is 78.9 Å². The van der Waals surface area contributed by atoms with Crippen molar-refractivity contribution in [3.05, 3.63) is 86.3 Å². The van der Waals surface area contributed by atoms with Gasteiger partial charge in [-0.2, -0.15) is 8.42 Å². The summed E-state index contributed by atoms with van der Waals surface area (Å²) in [7, 11) is -4.25. The number of anilines is 1. The molecule has 0 saturated carbocycles. The topological polar surface area (TPSA) is 119 Å². The van der Waals surface area contributed by atoms with Crippen molar-refractivity contribution in [3.8, 4) is 11.5 Å². The number of nitrogens with one attached hydrogen (secondary N) is 1. The van der Waals surface area contributed by atoms with Crippen LogP contribution in [-0.2, 0) is 19.7 Å². The van der Waals surface area contributed by atoms with E-state index >= 15 is 0 Å². The third kappa shape index (κ3) is 5.86. The zero-order chi connectivity index (χ0) is 27.6. The standard InChI is InChI=1S/C25H17BrCl2N2O7S/c1-2-36-21-13-14(12-20(26)22(21)37-38(34,35)18-9-5-16(28)6-10-18)11-19-23(31)29-25(33)30(24(19)32)17-7-3-15(27)4-8-17/h3-13H,2H2,1H3,(H,29,31,33)/b19-11+. The van der Waals surface area contributed by atoms with E-state index in [2.05, 4.69) is 21.2 Å². The molecule has 0 aliphatic carbocycles. The second-order valence-corrected chi connectivity index (χ2v) is 11.0. The average Bonchev–Trinajstić information content (AvgIpc) is 2.85. The van der Waals surface area contributed by atoms with Gasteiger partial charge in [-0.25, -0.2) is 9.69 Å². The van der Waals surface area contributed by atoms with Crippen LogP contribution in [0.2, 0.25) is 10.0 Å². The molecule has 1 heterocycles. The average molecular weight is 640 g/mol. The molecule has 0 atom stereocenters. The van der Waals surface area contributed by atoms with Crippen LogP contribution in [0, 0.1) is 0 Å². The van der Waals surface area contributed by atoms with Crippen LogP contribution in [0.5, 0.6) is 11.5 Å². The molecule has 3 aromatic carbocycles. The van der Waals surface area contributed by atoms with Gasteiger partial charge in [0.25, 0.3) is 11.8 Å². The highest BCUT2D eigenvalue weighted by Gasteiger charge is 2.37. The summed E-state index contributed by atoms with van der Waals surface area (Å²) in [5, 5.41) is 2.89. The summed E-state index contributed by atoms with van der Waals surface area (Å²) in [5.74, 6) is -1.87. The number of imide groups is 2. The van der Waals surface area contributed by atoms with Crippen molar-refractivity contribution in [2.75, 3.05) is 11.5 Å². The molecule has 0 bridgehead atoms. The minimum absolute atomic E-state index is 0.0283.